The summed E-state index contributed by atoms with van der Waals surface area (Å²) in [5, 5.41) is 19.7. The third-order valence-electron chi connectivity index (χ3n) is 4.46. The van der Waals surface area contributed by atoms with Gasteiger partial charge in [0.05, 0.1) is 17.6 Å². The lowest BCUT2D eigenvalue weighted by molar-refractivity contribution is 0.0553. The molecule has 0 aliphatic heterocycles. The van der Waals surface area contributed by atoms with Gasteiger partial charge in [-0.15, -0.1) is 0 Å². The smallest absolute Gasteiger partial charge is 0.0898 e. The van der Waals surface area contributed by atoms with E-state index >= 15 is 0 Å². The van der Waals surface area contributed by atoms with Gasteiger partial charge in [-0.25, -0.2) is 0 Å². The number of rotatable bonds is 1. The van der Waals surface area contributed by atoms with Gasteiger partial charge in [0, 0.05) is 5.41 Å². The normalized spacial score (nSPS) is 31.1. The molecular formula is C15H19NO. The second-order valence-corrected chi connectivity index (χ2v) is 5.66. The molecule has 2 heteroatoms. The Morgan fingerprint density at radius 2 is 1.88 bits per heavy atom. The first-order chi connectivity index (χ1) is 7.94. The highest BCUT2D eigenvalue weighted by atomic mass is 16.3. The molecule has 2 rings (SSSR count). The van der Waals surface area contributed by atoms with Gasteiger partial charge in [-0.3, -0.25) is 0 Å². The predicted octanol–water partition coefficient (Wildman–Crippen LogP) is 2.94. The highest BCUT2D eigenvalue weighted by Gasteiger charge is 2.55. The molecule has 1 saturated carbocycles. The molecule has 0 bridgehead atoms. The number of aliphatic hydroxyl groups excluding tert-OH is 1. The summed E-state index contributed by atoms with van der Waals surface area (Å²) in [5.74, 6) is 0. The van der Waals surface area contributed by atoms with E-state index in [1.54, 1.807) is 0 Å². The van der Waals surface area contributed by atoms with E-state index in [2.05, 4.69) is 6.07 Å². The summed E-state index contributed by atoms with van der Waals surface area (Å²) in [6.07, 6.45) is 1.04. The maximum absolute atomic E-state index is 10.1. The number of nitriles is 1. The van der Waals surface area contributed by atoms with Crippen molar-refractivity contribution in [3.05, 3.63) is 35.4 Å². The van der Waals surface area contributed by atoms with Gasteiger partial charge < -0.3 is 5.11 Å². The SMILES string of the molecule is Cc1ccc([C@@]2(C#N)CCC(O)C2(C)C)cc1. The van der Waals surface area contributed by atoms with E-state index in [0.717, 1.165) is 12.0 Å². The standard InChI is InChI=1S/C15H19NO/c1-11-4-6-12(7-5-11)15(10-16)9-8-13(17)14(15,2)3/h4-7,13,17H,8-9H2,1-3H3/t13?,15-/m0/s1. The lowest BCUT2D eigenvalue weighted by Crippen LogP contribution is -2.41. The molecular weight excluding hydrogens is 210 g/mol. The van der Waals surface area contributed by atoms with Crippen LogP contribution in [0.1, 0.15) is 37.8 Å². The molecule has 1 unspecified atom stereocenters. The first-order valence-corrected chi connectivity index (χ1v) is 6.10. The van der Waals surface area contributed by atoms with Gasteiger partial charge in [0.15, 0.2) is 0 Å². The molecule has 0 heterocycles. The Kier molecular flexibility index (Phi) is 2.75. The lowest BCUT2D eigenvalue weighted by Gasteiger charge is -2.37. The highest BCUT2D eigenvalue weighted by molar-refractivity contribution is 5.39. The zero-order valence-electron chi connectivity index (χ0n) is 10.7. The van der Waals surface area contributed by atoms with Crippen molar-refractivity contribution in [1.29, 1.82) is 5.26 Å². The quantitative estimate of drug-likeness (QED) is 0.804. The molecule has 0 radical (unpaired) electrons. The summed E-state index contributed by atoms with van der Waals surface area (Å²) < 4.78 is 0. The van der Waals surface area contributed by atoms with Crippen molar-refractivity contribution in [3.8, 4) is 6.07 Å². The average Bonchev–Trinajstić information content (AvgIpc) is 2.53. The summed E-state index contributed by atoms with van der Waals surface area (Å²) in [4.78, 5) is 0. The Hall–Kier alpha value is -1.33. The third kappa shape index (κ3) is 1.57. The second-order valence-electron chi connectivity index (χ2n) is 5.66. The molecule has 0 aromatic heterocycles. The van der Waals surface area contributed by atoms with Crippen LogP contribution in [0.4, 0.5) is 0 Å². The fourth-order valence-electron chi connectivity index (χ4n) is 2.94. The van der Waals surface area contributed by atoms with Crippen molar-refractivity contribution >= 4 is 0 Å². The van der Waals surface area contributed by atoms with Crippen LogP contribution in [-0.2, 0) is 5.41 Å². The van der Waals surface area contributed by atoms with Crippen molar-refractivity contribution in [2.24, 2.45) is 5.41 Å². The van der Waals surface area contributed by atoms with E-state index in [0.29, 0.717) is 6.42 Å². The fraction of sp³-hybridized carbons (Fsp3) is 0.533. The van der Waals surface area contributed by atoms with Crippen molar-refractivity contribution in [3.63, 3.8) is 0 Å². The van der Waals surface area contributed by atoms with Crippen molar-refractivity contribution < 1.29 is 5.11 Å². The topological polar surface area (TPSA) is 44.0 Å². The Labute approximate surface area is 103 Å². The van der Waals surface area contributed by atoms with Crippen LogP contribution in [0.3, 0.4) is 0 Å². The number of aryl methyl sites for hydroxylation is 1. The minimum Gasteiger partial charge on any atom is -0.392 e. The summed E-state index contributed by atoms with van der Waals surface area (Å²) in [5.41, 5.74) is 1.28. The maximum atomic E-state index is 10.1. The zero-order valence-corrected chi connectivity index (χ0v) is 10.7. The minimum absolute atomic E-state index is 0.392. The Morgan fingerprint density at radius 1 is 1.29 bits per heavy atom. The van der Waals surface area contributed by atoms with E-state index in [1.807, 2.05) is 45.0 Å². The number of benzene rings is 1. The van der Waals surface area contributed by atoms with Crippen LogP contribution in [0.2, 0.25) is 0 Å². The number of aliphatic hydroxyl groups is 1. The maximum Gasteiger partial charge on any atom is 0.0898 e. The summed E-state index contributed by atoms with van der Waals surface area (Å²) >= 11 is 0. The van der Waals surface area contributed by atoms with Gasteiger partial charge in [-0.05, 0) is 25.3 Å². The second kappa shape index (κ2) is 3.85. The molecule has 17 heavy (non-hydrogen) atoms. The third-order valence-corrected chi connectivity index (χ3v) is 4.46. The van der Waals surface area contributed by atoms with Gasteiger partial charge >= 0.3 is 0 Å². The molecule has 1 aliphatic rings. The molecule has 1 aliphatic carbocycles. The molecule has 1 fully saturated rings. The molecule has 2 nitrogen and oxygen atoms in total. The van der Waals surface area contributed by atoms with Crippen LogP contribution >= 0.6 is 0 Å². The van der Waals surface area contributed by atoms with Crippen LogP contribution in [0.25, 0.3) is 0 Å². The van der Waals surface area contributed by atoms with Crippen LogP contribution in [0.5, 0.6) is 0 Å². The first-order valence-electron chi connectivity index (χ1n) is 6.10. The first kappa shape index (κ1) is 12.1. The zero-order chi connectivity index (χ0) is 12.7. The molecule has 1 aromatic carbocycles. The number of hydrogen-bond donors (Lipinski definition) is 1. The summed E-state index contributed by atoms with van der Waals surface area (Å²) in [6.45, 7) is 6.03. The van der Waals surface area contributed by atoms with Crippen LogP contribution in [0.15, 0.2) is 24.3 Å². The van der Waals surface area contributed by atoms with Crippen molar-refractivity contribution in [2.45, 2.75) is 45.1 Å². The van der Waals surface area contributed by atoms with E-state index < -0.39 is 16.9 Å². The van der Waals surface area contributed by atoms with E-state index in [-0.39, 0.29) is 0 Å². The van der Waals surface area contributed by atoms with Gasteiger partial charge in [0.1, 0.15) is 0 Å². The largest absolute Gasteiger partial charge is 0.392 e. The Morgan fingerprint density at radius 3 is 2.29 bits per heavy atom. The van der Waals surface area contributed by atoms with E-state index in [1.165, 1.54) is 5.56 Å². The molecule has 0 amide bonds. The monoisotopic (exact) mass is 229 g/mol. The molecule has 0 spiro atoms. The van der Waals surface area contributed by atoms with Crippen molar-refractivity contribution in [2.75, 3.05) is 0 Å². The molecule has 90 valence electrons. The number of nitrogens with zero attached hydrogens (tertiary/aromatic N) is 1. The summed E-state index contributed by atoms with van der Waals surface area (Å²) in [7, 11) is 0. The van der Waals surface area contributed by atoms with Crippen LogP contribution < -0.4 is 0 Å². The molecule has 2 atom stereocenters. The van der Waals surface area contributed by atoms with Gasteiger partial charge in [0.2, 0.25) is 0 Å². The van der Waals surface area contributed by atoms with E-state index in [4.69, 9.17) is 0 Å². The predicted molar refractivity (Wildman–Crippen MR) is 67.5 cm³/mol. The van der Waals surface area contributed by atoms with Crippen molar-refractivity contribution in [1.82, 2.24) is 0 Å². The summed E-state index contributed by atoms with van der Waals surface area (Å²) in [6, 6.07) is 10.6. The number of hydrogen-bond acceptors (Lipinski definition) is 2. The Bertz CT molecular complexity index is 455. The van der Waals surface area contributed by atoms with Gasteiger partial charge in [0.25, 0.3) is 0 Å². The van der Waals surface area contributed by atoms with Crippen LogP contribution in [0, 0.1) is 23.7 Å². The highest BCUT2D eigenvalue weighted by Crippen LogP contribution is 2.53. The minimum atomic E-state index is -0.555. The van der Waals surface area contributed by atoms with Crippen LogP contribution in [-0.4, -0.2) is 11.2 Å². The van der Waals surface area contributed by atoms with E-state index in [9.17, 15) is 10.4 Å². The molecule has 0 saturated heterocycles. The molecule has 1 aromatic rings. The molecule has 1 N–H and O–H groups in total. The van der Waals surface area contributed by atoms with Gasteiger partial charge in [-0.1, -0.05) is 43.7 Å². The van der Waals surface area contributed by atoms with Gasteiger partial charge in [-0.2, -0.15) is 5.26 Å². The fourth-order valence-corrected chi connectivity index (χ4v) is 2.94. The Balaban J connectivity index is 2.53. The average molecular weight is 229 g/mol. The lowest BCUT2D eigenvalue weighted by atomic mass is 9.64.